The lowest BCUT2D eigenvalue weighted by atomic mass is 9.91. The fourth-order valence-corrected chi connectivity index (χ4v) is 4.75. The first-order valence-electron chi connectivity index (χ1n) is 15.0. The van der Waals surface area contributed by atoms with Crippen molar-refractivity contribution in [2.75, 3.05) is 0 Å². The van der Waals surface area contributed by atoms with Gasteiger partial charge in [-0.1, -0.05) is 103 Å². The second-order valence-corrected chi connectivity index (χ2v) is 12.0. The molecule has 0 saturated carbocycles. The second kappa shape index (κ2) is 17.0. The Morgan fingerprint density at radius 1 is 0.689 bits per heavy atom. The number of carbonyl (C=O) groups is 3. The van der Waals surface area contributed by atoms with Gasteiger partial charge in [-0.05, 0) is 74.9 Å². The number of hydrogen-bond acceptors (Lipinski definition) is 6. The summed E-state index contributed by atoms with van der Waals surface area (Å²) in [4.78, 5) is 35.3. The first kappa shape index (κ1) is 34.8. The van der Waals surface area contributed by atoms with Crippen molar-refractivity contribution in [1.82, 2.24) is 10.6 Å². The number of rotatable bonds is 10. The largest absolute Gasteiger partial charge is 0.445 e. The summed E-state index contributed by atoms with van der Waals surface area (Å²) in [5.41, 5.74) is 2.01. The number of alkyl carbamates (subject to hydrolysis) is 2. The number of amides is 2. The standard InChI is InChI=1S/C34H38N2O5.C3H6O/c1-34(2,3)41-33(39)36-29(21-24-13-6-4-7-14-24)31(37)30(35-32(38)40-23-25-15-8-5-9-16-25)22-27-19-12-18-26-17-10-11-20-28(26)27;1-3(2)4/h4-20,29-31,37H,21-23H2,1-3H3,(H,35,38)(H,36,39);1-2H3/t29-,30-,31+;/m1./s1. The lowest BCUT2D eigenvalue weighted by molar-refractivity contribution is -0.115. The fraction of sp³-hybridized carbons (Fsp3) is 0.324. The Balaban J connectivity index is 0.00000130. The van der Waals surface area contributed by atoms with Crippen molar-refractivity contribution in [3.63, 3.8) is 0 Å². The number of benzene rings is 4. The molecule has 4 aromatic rings. The molecule has 0 aliphatic rings. The number of ether oxygens (including phenoxy) is 2. The molecule has 0 unspecified atom stereocenters. The van der Waals surface area contributed by atoms with Gasteiger partial charge in [0.15, 0.2) is 0 Å². The first-order valence-corrected chi connectivity index (χ1v) is 15.0. The maximum atomic E-state index is 13.0. The van der Waals surface area contributed by atoms with Crippen molar-refractivity contribution in [2.24, 2.45) is 0 Å². The molecule has 0 spiro atoms. The van der Waals surface area contributed by atoms with Crippen LogP contribution in [0.1, 0.15) is 51.3 Å². The Hall–Kier alpha value is -4.69. The third-order valence-electron chi connectivity index (χ3n) is 6.66. The van der Waals surface area contributed by atoms with Gasteiger partial charge in [-0.25, -0.2) is 9.59 Å². The highest BCUT2D eigenvalue weighted by Gasteiger charge is 2.32. The Bertz CT molecular complexity index is 1510. The number of hydrogen-bond donors (Lipinski definition) is 3. The van der Waals surface area contributed by atoms with Gasteiger partial charge in [0.25, 0.3) is 0 Å². The van der Waals surface area contributed by atoms with E-state index in [1.165, 1.54) is 13.8 Å². The molecule has 4 aromatic carbocycles. The van der Waals surface area contributed by atoms with Gasteiger partial charge in [-0.2, -0.15) is 0 Å². The van der Waals surface area contributed by atoms with Crippen LogP contribution in [-0.2, 0) is 33.7 Å². The third-order valence-corrected chi connectivity index (χ3v) is 6.66. The lowest BCUT2D eigenvalue weighted by Crippen LogP contribution is -2.56. The molecule has 0 fully saturated rings. The van der Waals surface area contributed by atoms with Gasteiger partial charge < -0.3 is 30.0 Å². The van der Waals surface area contributed by atoms with Gasteiger partial charge in [0.1, 0.15) is 18.0 Å². The van der Waals surface area contributed by atoms with Crippen LogP contribution in [0.25, 0.3) is 10.8 Å². The van der Waals surface area contributed by atoms with Gasteiger partial charge in [0.2, 0.25) is 0 Å². The molecule has 8 heteroatoms. The molecule has 2 amide bonds. The summed E-state index contributed by atoms with van der Waals surface area (Å²) in [5.74, 6) is 0.167. The van der Waals surface area contributed by atoms with E-state index in [4.69, 9.17) is 9.47 Å². The zero-order chi connectivity index (χ0) is 32.8. The summed E-state index contributed by atoms with van der Waals surface area (Å²) < 4.78 is 11.0. The smallest absolute Gasteiger partial charge is 0.407 e. The molecule has 4 rings (SSSR count). The molecule has 8 nitrogen and oxygen atoms in total. The SMILES string of the molecule is CC(C)(C)OC(=O)N[C@H](Cc1ccccc1)[C@H](O)[C@@H](Cc1cccc2ccccc12)NC(=O)OCc1ccccc1.CC(C)=O. The Labute approximate surface area is 265 Å². The van der Waals surface area contributed by atoms with Gasteiger partial charge in [-0.3, -0.25) is 0 Å². The Morgan fingerprint density at radius 2 is 1.20 bits per heavy atom. The topological polar surface area (TPSA) is 114 Å². The van der Waals surface area contributed by atoms with E-state index < -0.39 is 36.0 Å². The van der Waals surface area contributed by atoms with E-state index in [1.807, 2.05) is 103 Å². The van der Waals surface area contributed by atoms with Crippen LogP contribution in [0.3, 0.4) is 0 Å². The fourth-order valence-electron chi connectivity index (χ4n) is 4.75. The van der Waals surface area contributed by atoms with E-state index in [0.29, 0.717) is 12.8 Å². The minimum absolute atomic E-state index is 0.0906. The molecule has 0 saturated heterocycles. The number of Topliss-reactive ketones (excluding diaryl/α,β-unsaturated/α-hetero) is 1. The zero-order valence-corrected chi connectivity index (χ0v) is 26.7. The van der Waals surface area contributed by atoms with Crippen LogP contribution in [0.2, 0.25) is 0 Å². The summed E-state index contributed by atoms with van der Waals surface area (Å²) >= 11 is 0. The van der Waals surface area contributed by atoms with Crippen LogP contribution >= 0.6 is 0 Å². The molecule has 45 heavy (non-hydrogen) atoms. The summed E-state index contributed by atoms with van der Waals surface area (Å²) in [6.45, 7) is 8.49. The number of aliphatic hydroxyl groups is 1. The van der Waals surface area contributed by atoms with Gasteiger partial charge in [0, 0.05) is 0 Å². The molecule has 3 atom stereocenters. The van der Waals surface area contributed by atoms with Crippen molar-refractivity contribution >= 4 is 28.7 Å². The molecule has 0 aliphatic heterocycles. The van der Waals surface area contributed by atoms with E-state index in [-0.39, 0.29) is 12.4 Å². The maximum absolute atomic E-state index is 13.0. The quantitative estimate of drug-likeness (QED) is 0.182. The van der Waals surface area contributed by atoms with Gasteiger partial charge in [0.05, 0.1) is 18.2 Å². The van der Waals surface area contributed by atoms with Crippen molar-refractivity contribution < 1.29 is 29.0 Å². The Morgan fingerprint density at radius 3 is 1.82 bits per heavy atom. The molecule has 0 radical (unpaired) electrons. The van der Waals surface area contributed by atoms with E-state index in [2.05, 4.69) is 10.6 Å². The minimum Gasteiger partial charge on any atom is -0.445 e. The summed E-state index contributed by atoms with van der Waals surface area (Å²) in [6, 6.07) is 31.3. The van der Waals surface area contributed by atoms with E-state index in [1.54, 1.807) is 20.8 Å². The molecular weight excluding hydrogens is 568 g/mol. The highest BCUT2D eigenvalue weighted by atomic mass is 16.6. The number of carbonyl (C=O) groups excluding carboxylic acids is 3. The highest BCUT2D eigenvalue weighted by molar-refractivity contribution is 5.85. The van der Waals surface area contributed by atoms with Crippen molar-refractivity contribution in [2.45, 2.75) is 77.9 Å². The van der Waals surface area contributed by atoms with Crippen molar-refractivity contribution in [3.8, 4) is 0 Å². The number of fused-ring (bicyclic) bond motifs is 1. The Kier molecular flexibility index (Phi) is 13.1. The van der Waals surface area contributed by atoms with E-state index in [9.17, 15) is 19.5 Å². The summed E-state index contributed by atoms with van der Waals surface area (Å²) in [7, 11) is 0. The minimum atomic E-state index is -1.18. The van der Waals surface area contributed by atoms with Crippen LogP contribution in [0.5, 0.6) is 0 Å². The molecule has 0 aliphatic carbocycles. The van der Waals surface area contributed by atoms with E-state index in [0.717, 1.165) is 27.5 Å². The van der Waals surface area contributed by atoms with Crippen LogP contribution < -0.4 is 10.6 Å². The number of nitrogens with one attached hydrogen (secondary N) is 2. The normalized spacial score (nSPS) is 12.9. The average Bonchev–Trinajstić information content (AvgIpc) is 2.99. The molecule has 0 bridgehead atoms. The first-order chi connectivity index (χ1) is 21.4. The zero-order valence-electron chi connectivity index (χ0n) is 26.7. The van der Waals surface area contributed by atoms with Crippen LogP contribution in [0.15, 0.2) is 103 Å². The number of aliphatic hydroxyl groups excluding tert-OH is 1. The summed E-state index contributed by atoms with van der Waals surface area (Å²) in [6.07, 6.45) is -1.84. The summed E-state index contributed by atoms with van der Waals surface area (Å²) in [5, 5.41) is 19.6. The van der Waals surface area contributed by atoms with Crippen LogP contribution in [0.4, 0.5) is 9.59 Å². The third kappa shape index (κ3) is 12.4. The predicted octanol–water partition coefficient (Wildman–Crippen LogP) is 6.77. The second-order valence-electron chi connectivity index (χ2n) is 12.0. The molecule has 238 valence electrons. The van der Waals surface area contributed by atoms with Crippen molar-refractivity contribution in [1.29, 1.82) is 0 Å². The molecule has 0 heterocycles. The van der Waals surface area contributed by atoms with E-state index >= 15 is 0 Å². The van der Waals surface area contributed by atoms with Crippen LogP contribution in [-0.4, -0.2) is 46.9 Å². The lowest BCUT2D eigenvalue weighted by Gasteiger charge is -2.32. The van der Waals surface area contributed by atoms with Crippen LogP contribution in [0, 0.1) is 0 Å². The van der Waals surface area contributed by atoms with Gasteiger partial charge >= 0.3 is 12.2 Å². The van der Waals surface area contributed by atoms with Gasteiger partial charge in [-0.15, -0.1) is 0 Å². The average molecular weight is 613 g/mol. The number of ketones is 1. The monoisotopic (exact) mass is 612 g/mol. The highest BCUT2D eigenvalue weighted by Crippen LogP contribution is 2.22. The molecule has 3 N–H and O–H groups in total. The molecular formula is C37H44N2O6. The molecule has 0 aromatic heterocycles. The van der Waals surface area contributed by atoms with Crippen molar-refractivity contribution in [3.05, 3.63) is 120 Å². The predicted molar refractivity (Wildman–Crippen MR) is 177 cm³/mol. The maximum Gasteiger partial charge on any atom is 0.407 e.